The van der Waals surface area contributed by atoms with Crippen LogP contribution in [-0.2, 0) is 9.84 Å². The van der Waals surface area contributed by atoms with Gasteiger partial charge in [0.05, 0.1) is 39.0 Å². The second-order valence-electron chi connectivity index (χ2n) is 7.32. The third-order valence-electron chi connectivity index (χ3n) is 4.69. The number of carbonyl (C=O) groups is 1. The quantitative estimate of drug-likeness (QED) is 0.469. The molecule has 0 aliphatic rings. The van der Waals surface area contributed by atoms with Gasteiger partial charge in [0, 0.05) is 12.3 Å². The average molecular weight is 459 g/mol. The summed E-state index contributed by atoms with van der Waals surface area (Å²) < 4.78 is 30.9. The molecule has 0 bridgehead atoms. The number of hydrogen-bond donors (Lipinski definition) is 1. The van der Waals surface area contributed by atoms with E-state index >= 15 is 0 Å². The van der Waals surface area contributed by atoms with Crippen LogP contribution in [0.4, 0.5) is 5.69 Å². The van der Waals surface area contributed by atoms with Gasteiger partial charge in [0.2, 0.25) is 0 Å². The fraction of sp³-hybridized carbons (Fsp3) is 0.190. The molecule has 0 radical (unpaired) electrons. The second-order valence-corrected chi connectivity index (χ2v) is 9.74. The van der Waals surface area contributed by atoms with Crippen LogP contribution < -0.4 is 5.32 Å². The van der Waals surface area contributed by atoms with Crippen LogP contribution in [0.3, 0.4) is 0 Å². The Kier molecular flexibility index (Phi) is 5.32. The number of sulfone groups is 1. The molecule has 0 saturated heterocycles. The Bertz CT molecular complexity index is 1390. The zero-order chi connectivity index (χ0) is 22.3. The third-order valence-corrected chi connectivity index (χ3v) is 6.13. The van der Waals surface area contributed by atoms with Crippen LogP contribution in [0.1, 0.15) is 30.2 Å². The van der Waals surface area contributed by atoms with E-state index in [0.717, 1.165) is 6.26 Å². The molecule has 1 N–H and O–H groups in total. The van der Waals surface area contributed by atoms with Crippen LogP contribution in [0.2, 0.25) is 5.02 Å². The molecule has 1 amide bonds. The van der Waals surface area contributed by atoms with Crippen molar-refractivity contribution in [2.75, 3.05) is 11.6 Å². The number of anilines is 1. The van der Waals surface area contributed by atoms with Gasteiger partial charge in [-0.3, -0.25) is 4.79 Å². The van der Waals surface area contributed by atoms with Gasteiger partial charge in [-0.15, -0.1) is 0 Å². The number of nitrogens with zero attached hydrogens (tertiary/aromatic N) is 3. The number of fused-ring (bicyclic) bond motifs is 1. The lowest BCUT2D eigenvalue weighted by Crippen LogP contribution is -2.14. The second kappa shape index (κ2) is 7.82. The third kappa shape index (κ3) is 4.06. The van der Waals surface area contributed by atoms with E-state index in [4.69, 9.17) is 16.0 Å². The summed E-state index contributed by atoms with van der Waals surface area (Å²) >= 11 is 6.20. The molecule has 0 saturated carbocycles. The van der Waals surface area contributed by atoms with Crippen molar-refractivity contribution < 1.29 is 17.6 Å². The monoisotopic (exact) mass is 458 g/mol. The standard InChI is InChI=1S/C21H19ClN4O4S/c1-12(2)26-20-15(11-23-26)14(10-18(24-20)19-5-4-8-30-19)21(27)25-17-9-13(31(3,28)29)6-7-16(17)22/h4-12H,1-3H3,(H,25,27). The maximum atomic E-state index is 13.2. The summed E-state index contributed by atoms with van der Waals surface area (Å²) in [5.74, 6) is 0.0284. The number of furan rings is 1. The number of nitrogens with one attached hydrogen (secondary N) is 1. The summed E-state index contributed by atoms with van der Waals surface area (Å²) in [7, 11) is -3.47. The van der Waals surface area contributed by atoms with Crippen molar-refractivity contribution in [3.63, 3.8) is 0 Å². The van der Waals surface area contributed by atoms with Crippen LogP contribution in [0.25, 0.3) is 22.5 Å². The van der Waals surface area contributed by atoms with Crippen LogP contribution in [0.5, 0.6) is 0 Å². The highest BCUT2D eigenvalue weighted by Gasteiger charge is 2.21. The fourth-order valence-electron chi connectivity index (χ4n) is 3.15. The summed E-state index contributed by atoms with van der Waals surface area (Å²) in [6.07, 6.45) is 4.19. The van der Waals surface area contributed by atoms with Crippen molar-refractivity contribution in [1.82, 2.24) is 14.8 Å². The lowest BCUT2D eigenvalue weighted by molar-refractivity contribution is 0.102. The van der Waals surface area contributed by atoms with Crippen LogP contribution in [0, 0.1) is 0 Å². The molecule has 4 rings (SSSR count). The minimum absolute atomic E-state index is 0.0219. The van der Waals surface area contributed by atoms with Crippen LogP contribution in [0.15, 0.2) is 58.2 Å². The van der Waals surface area contributed by atoms with Gasteiger partial charge in [0.25, 0.3) is 5.91 Å². The number of rotatable bonds is 5. The van der Waals surface area contributed by atoms with Gasteiger partial charge in [0.15, 0.2) is 21.2 Å². The highest BCUT2D eigenvalue weighted by atomic mass is 35.5. The first-order valence-corrected chi connectivity index (χ1v) is 11.6. The first-order valence-electron chi connectivity index (χ1n) is 9.38. The number of amides is 1. The molecule has 3 aromatic heterocycles. The average Bonchev–Trinajstić information content (AvgIpc) is 3.37. The minimum Gasteiger partial charge on any atom is -0.463 e. The minimum atomic E-state index is -3.47. The Hall–Kier alpha value is -3.17. The lowest BCUT2D eigenvalue weighted by atomic mass is 10.1. The number of benzene rings is 1. The molecule has 0 spiro atoms. The van der Waals surface area contributed by atoms with Gasteiger partial charge >= 0.3 is 0 Å². The first-order chi connectivity index (χ1) is 14.6. The molecular formula is C21H19ClN4O4S. The van der Waals surface area contributed by atoms with Gasteiger partial charge in [-0.25, -0.2) is 18.1 Å². The van der Waals surface area contributed by atoms with E-state index in [1.54, 1.807) is 29.1 Å². The van der Waals surface area contributed by atoms with E-state index in [2.05, 4.69) is 15.4 Å². The van der Waals surface area contributed by atoms with Crippen LogP contribution in [-0.4, -0.2) is 35.3 Å². The number of carbonyl (C=O) groups excluding carboxylic acids is 1. The van der Waals surface area contributed by atoms with E-state index in [1.807, 2.05) is 13.8 Å². The zero-order valence-corrected chi connectivity index (χ0v) is 18.5. The Morgan fingerprint density at radius 1 is 1.23 bits per heavy atom. The Morgan fingerprint density at radius 2 is 2.00 bits per heavy atom. The summed E-state index contributed by atoms with van der Waals surface area (Å²) in [5.41, 5.74) is 1.51. The van der Waals surface area contributed by atoms with E-state index in [9.17, 15) is 13.2 Å². The number of halogens is 1. The van der Waals surface area contributed by atoms with Gasteiger partial charge in [0.1, 0.15) is 5.69 Å². The summed E-state index contributed by atoms with van der Waals surface area (Å²) in [4.78, 5) is 17.9. The molecule has 160 valence electrons. The van der Waals surface area contributed by atoms with Crippen molar-refractivity contribution in [1.29, 1.82) is 0 Å². The Labute approximate surface area is 183 Å². The summed E-state index contributed by atoms with van der Waals surface area (Å²) in [6, 6.07) is 9.26. The molecule has 0 aliphatic heterocycles. The van der Waals surface area contributed by atoms with Crippen molar-refractivity contribution in [3.05, 3.63) is 59.4 Å². The van der Waals surface area contributed by atoms with Crippen molar-refractivity contribution in [2.45, 2.75) is 24.8 Å². The maximum absolute atomic E-state index is 13.2. The molecule has 4 aromatic rings. The molecule has 0 atom stereocenters. The molecule has 8 nitrogen and oxygen atoms in total. The Balaban J connectivity index is 1.83. The number of hydrogen-bond acceptors (Lipinski definition) is 6. The van der Waals surface area contributed by atoms with Crippen LogP contribution >= 0.6 is 11.6 Å². The number of aromatic nitrogens is 3. The van der Waals surface area contributed by atoms with Gasteiger partial charge in [-0.05, 0) is 50.2 Å². The van der Waals surface area contributed by atoms with Crippen molar-refractivity contribution in [2.24, 2.45) is 0 Å². The van der Waals surface area contributed by atoms with Gasteiger partial charge in [-0.2, -0.15) is 5.10 Å². The SMILES string of the molecule is CC(C)n1ncc2c(C(=O)Nc3cc(S(C)(=O)=O)ccc3Cl)cc(-c3ccco3)nc21. The smallest absolute Gasteiger partial charge is 0.256 e. The predicted octanol–water partition coefficient (Wildman–Crippen LogP) is 4.58. The Morgan fingerprint density at radius 3 is 2.65 bits per heavy atom. The van der Waals surface area contributed by atoms with Gasteiger partial charge < -0.3 is 9.73 Å². The predicted molar refractivity (Wildman–Crippen MR) is 118 cm³/mol. The van der Waals surface area contributed by atoms with E-state index in [1.165, 1.54) is 24.5 Å². The van der Waals surface area contributed by atoms with Gasteiger partial charge in [-0.1, -0.05) is 11.6 Å². The molecule has 10 heteroatoms. The maximum Gasteiger partial charge on any atom is 0.256 e. The molecule has 0 fully saturated rings. The zero-order valence-electron chi connectivity index (χ0n) is 17.0. The highest BCUT2D eigenvalue weighted by Crippen LogP contribution is 2.29. The highest BCUT2D eigenvalue weighted by molar-refractivity contribution is 7.90. The van der Waals surface area contributed by atoms with Crippen molar-refractivity contribution in [3.8, 4) is 11.5 Å². The normalized spacial score (nSPS) is 11.9. The fourth-order valence-corrected chi connectivity index (χ4v) is 3.97. The largest absolute Gasteiger partial charge is 0.463 e. The van der Waals surface area contributed by atoms with E-state index in [0.29, 0.717) is 28.1 Å². The molecule has 1 aromatic carbocycles. The first kappa shape index (κ1) is 21.1. The topological polar surface area (TPSA) is 107 Å². The molecule has 31 heavy (non-hydrogen) atoms. The summed E-state index contributed by atoms with van der Waals surface area (Å²) in [6.45, 7) is 3.92. The summed E-state index contributed by atoms with van der Waals surface area (Å²) in [5, 5.41) is 7.85. The lowest BCUT2D eigenvalue weighted by Gasteiger charge is -2.11. The van der Waals surface area contributed by atoms with E-state index in [-0.39, 0.29) is 21.6 Å². The van der Waals surface area contributed by atoms with E-state index < -0.39 is 15.7 Å². The number of pyridine rings is 1. The molecule has 3 heterocycles. The van der Waals surface area contributed by atoms with Crippen molar-refractivity contribution >= 4 is 44.1 Å². The molecule has 0 aliphatic carbocycles. The molecule has 0 unspecified atom stereocenters. The molecular weight excluding hydrogens is 440 g/mol.